The molecule has 3 fully saturated rings. The maximum Gasteiger partial charge on any atom is 0.223 e. The van der Waals surface area contributed by atoms with Gasteiger partial charge in [0.1, 0.15) is 18.3 Å². The predicted molar refractivity (Wildman–Crippen MR) is 93.0 cm³/mol. The zero-order valence-electron chi connectivity index (χ0n) is 14.6. The van der Waals surface area contributed by atoms with Crippen molar-refractivity contribution < 1.29 is 19.0 Å². The molecule has 2 aliphatic heterocycles. The number of amides is 1. The molecule has 3 aliphatic rings. The number of benzene rings is 1. The van der Waals surface area contributed by atoms with Crippen LogP contribution in [0.3, 0.4) is 0 Å². The van der Waals surface area contributed by atoms with E-state index in [-0.39, 0.29) is 36.2 Å². The monoisotopic (exact) mass is 345 g/mol. The van der Waals surface area contributed by atoms with Crippen LogP contribution in [0.15, 0.2) is 30.3 Å². The van der Waals surface area contributed by atoms with Crippen LogP contribution in [-0.2, 0) is 25.6 Å². The Kier molecular flexibility index (Phi) is 5.34. The molecule has 0 bridgehead atoms. The minimum atomic E-state index is -0.0895. The highest BCUT2D eigenvalue weighted by Gasteiger charge is 2.49. The Labute approximate surface area is 149 Å². The third-order valence-electron chi connectivity index (χ3n) is 5.62. The summed E-state index contributed by atoms with van der Waals surface area (Å²) in [5, 5.41) is 3.17. The molecule has 136 valence electrons. The van der Waals surface area contributed by atoms with Crippen LogP contribution in [-0.4, -0.2) is 43.5 Å². The number of hydrogen-bond donors (Lipinski definition) is 1. The first-order chi connectivity index (χ1) is 12.3. The van der Waals surface area contributed by atoms with E-state index in [1.165, 1.54) is 6.42 Å². The van der Waals surface area contributed by atoms with Gasteiger partial charge >= 0.3 is 0 Å². The van der Waals surface area contributed by atoms with Gasteiger partial charge in [0.25, 0.3) is 0 Å². The largest absolute Gasteiger partial charge is 0.370 e. The highest BCUT2D eigenvalue weighted by atomic mass is 16.6. The predicted octanol–water partition coefficient (Wildman–Crippen LogP) is 2.43. The lowest BCUT2D eigenvalue weighted by Crippen LogP contribution is -2.46. The second-order valence-corrected chi connectivity index (χ2v) is 7.38. The second-order valence-electron chi connectivity index (χ2n) is 7.38. The number of nitrogens with one attached hydrogen (secondary N) is 1. The van der Waals surface area contributed by atoms with Gasteiger partial charge < -0.3 is 19.5 Å². The van der Waals surface area contributed by atoms with E-state index in [4.69, 9.17) is 14.2 Å². The van der Waals surface area contributed by atoms with Crippen LogP contribution >= 0.6 is 0 Å². The molecule has 5 nitrogen and oxygen atoms in total. The molecule has 1 N–H and O–H groups in total. The maximum absolute atomic E-state index is 12.5. The average Bonchev–Trinajstić information content (AvgIpc) is 3.25. The number of carbonyl (C=O) groups excluding carboxylic acids is 1. The van der Waals surface area contributed by atoms with Crippen LogP contribution < -0.4 is 5.32 Å². The van der Waals surface area contributed by atoms with Crippen LogP contribution in [0.5, 0.6) is 0 Å². The van der Waals surface area contributed by atoms with E-state index in [9.17, 15) is 4.79 Å². The third kappa shape index (κ3) is 3.89. The van der Waals surface area contributed by atoms with Crippen molar-refractivity contribution in [3.05, 3.63) is 35.9 Å². The molecule has 1 aliphatic carbocycles. The van der Waals surface area contributed by atoms with E-state index in [1.54, 1.807) is 0 Å². The van der Waals surface area contributed by atoms with Gasteiger partial charge in [0.2, 0.25) is 5.91 Å². The lowest BCUT2D eigenvalue weighted by atomic mass is 9.88. The summed E-state index contributed by atoms with van der Waals surface area (Å²) in [5.74, 6) is 0.338. The summed E-state index contributed by atoms with van der Waals surface area (Å²) in [6, 6.07) is 10.1. The number of fused-ring (bicyclic) bond motifs is 1. The maximum atomic E-state index is 12.5. The molecule has 0 aromatic heterocycles. The molecule has 5 heteroatoms. The van der Waals surface area contributed by atoms with Gasteiger partial charge in [0, 0.05) is 5.92 Å². The van der Waals surface area contributed by atoms with Gasteiger partial charge in [0.15, 0.2) is 0 Å². The van der Waals surface area contributed by atoms with Gasteiger partial charge in [-0.05, 0) is 18.4 Å². The molecule has 1 amide bonds. The Hall–Kier alpha value is -1.43. The van der Waals surface area contributed by atoms with Gasteiger partial charge in [-0.15, -0.1) is 0 Å². The van der Waals surface area contributed by atoms with Crippen LogP contribution in [0.2, 0.25) is 0 Å². The minimum Gasteiger partial charge on any atom is -0.370 e. The lowest BCUT2D eigenvalue weighted by molar-refractivity contribution is -0.127. The molecule has 1 aromatic carbocycles. The van der Waals surface area contributed by atoms with E-state index in [1.807, 2.05) is 18.2 Å². The summed E-state index contributed by atoms with van der Waals surface area (Å²) in [5.41, 5.74) is 1.14. The van der Waals surface area contributed by atoms with E-state index in [0.717, 1.165) is 31.2 Å². The summed E-state index contributed by atoms with van der Waals surface area (Å²) < 4.78 is 17.8. The Morgan fingerprint density at radius 1 is 1.04 bits per heavy atom. The highest BCUT2D eigenvalue weighted by Crippen LogP contribution is 2.30. The fourth-order valence-corrected chi connectivity index (χ4v) is 4.17. The first kappa shape index (κ1) is 17.0. The molecule has 2 saturated heterocycles. The van der Waals surface area contributed by atoms with Crippen molar-refractivity contribution in [3.8, 4) is 0 Å². The van der Waals surface area contributed by atoms with Crippen LogP contribution in [0.25, 0.3) is 0 Å². The second kappa shape index (κ2) is 7.85. The van der Waals surface area contributed by atoms with Crippen molar-refractivity contribution in [2.75, 3.05) is 13.2 Å². The molecule has 1 saturated carbocycles. The SMILES string of the molecule is O=C(N[C@H]1CO[C@H]2[C@H]1OC[C@@H]2OCc1ccccc1)C1CCCCC1. The van der Waals surface area contributed by atoms with Crippen molar-refractivity contribution in [1.29, 1.82) is 0 Å². The van der Waals surface area contributed by atoms with E-state index < -0.39 is 0 Å². The highest BCUT2D eigenvalue weighted by molar-refractivity contribution is 5.79. The fraction of sp³-hybridized carbons (Fsp3) is 0.650. The summed E-state index contributed by atoms with van der Waals surface area (Å²) >= 11 is 0. The normalized spacial score (nSPS) is 32.5. The number of rotatable bonds is 5. The number of carbonyl (C=O) groups is 1. The Morgan fingerprint density at radius 2 is 1.80 bits per heavy atom. The molecule has 25 heavy (non-hydrogen) atoms. The summed E-state index contributed by atoms with van der Waals surface area (Å²) in [4.78, 5) is 12.5. The minimum absolute atomic E-state index is 0.0512. The molecule has 0 spiro atoms. The molecule has 2 heterocycles. The summed E-state index contributed by atoms with van der Waals surface area (Å²) in [6.45, 7) is 1.59. The smallest absolute Gasteiger partial charge is 0.223 e. The molecular formula is C20H27NO4. The fourth-order valence-electron chi connectivity index (χ4n) is 4.17. The first-order valence-corrected chi connectivity index (χ1v) is 9.50. The van der Waals surface area contributed by atoms with Crippen molar-refractivity contribution in [1.82, 2.24) is 5.32 Å². The van der Waals surface area contributed by atoms with Gasteiger partial charge in [-0.2, -0.15) is 0 Å². The van der Waals surface area contributed by atoms with Gasteiger partial charge in [-0.1, -0.05) is 49.6 Å². The van der Waals surface area contributed by atoms with Crippen molar-refractivity contribution in [3.63, 3.8) is 0 Å². The van der Waals surface area contributed by atoms with E-state index >= 15 is 0 Å². The Bertz CT molecular complexity index is 572. The van der Waals surface area contributed by atoms with Gasteiger partial charge in [-0.3, -0.25) is 4.79 Å². The van der Waals surface area contributed by atoms with Crippen molar-refractivity contribution in [2.45, 2.75) is 63.1 Å². The summed E-state index contributed by atoms with van der Waals surface area (Å²) in [6.07, 6.45) is 5.36. The van der Waals surface area contributed by atoms with Crippen LogP contribution in [0.4, 0.5) is 0 Å². The third-order valence-corrected chi connectivity index (χ3v) is 5.62. The average molecular weight is 345 g/mol. The Balaban J connectivity index is 1.28. The molecule has 0 unspecified atom stereocenters. The zero-order chi connectivity index (χ0) is 17.1. The molecule has 1 aromatic rings. The molecular weight excluding hydrogens is 318 g/mol. The molecule has 4 atom stereocenters. The van der Waals surface area contributed by atoms with Crippen molar-refractivity contribution in [2.24, 2.45) is 5.92 Å². The molecule has 0 radical (unpaired) electrons. The van der Waals surface area contributed by atoms with E-state index in [2.05, 4.69) is 17.4 Å². The Morgan fingerprint density at radius 3 is 2.60 bits per heavy atom. The van der Waals surface area contributed by atoms with Crippen LogP contribution in [0.1, 0.15) is 37.7 Å². The standard InChI is InChI=1S/C20H27NO4/c22-20(15-9-5-2-6-10-15)21-16-12-24-19-17(13-25-18(16)19)23-11-14-7-3-1-4-8-14/h1,3-4,7-8,15-19H,2,5-6,9-13H2,(H,21,22)/t16-,17-,18-,19+/m0/s1. The zero-order valence-corrected chi connectivity index (χ0v) is 14.6. The summed E-state index contributed by atoms with van der Waals surface area (Å²) in [7, 11) is 0. The van der Waals surface area contributed by atoms with Gasteiger partial charge in [0.05, 0.1) is 25.9 Å². The van der Waals surface area contributed by atoms with Crippen LogP contribution in [0, 0.1) is 5.92 Å². The first-order valence-electron chi connectivity index (χ1n) is 9.50. The lowest BCUT2D eigenvalue weighted by Gasteiger charge is -2.24. The quantitative estimate of drug-likeness (QED) is 0.890. The van der Waals surface area contributed by atoms with Crippen molar-refractivity contribution >= 4 is 5.91 Å². The topological polar surface area (TPSA) is 56.8 Å². The number of hydrogen-bond acceptors (Lipinski definition) is 4. The van der Waals surface area contributed by atoms with E-state index in [0.29, 0.717) is 19.8 Å². The number of ether oxygens (including phenoxy) is 3. The molecule has 4 rings (SSSR count). The van der Waals surface area contributed by atoms with Gasteiger partial charge in [-0.25, -0.2) is 0 Å².